The molecule has 374 valence electrons. The number of hydrogen-bond donors (Lipinski definition) is 0. The molecule has 5 nitrogen and oxygen atoms in total. The number of ether oxygens (including phenoxy) is 1. The summed E-state index contributed by atoms with van der Waals surface area (Å²) in [5, 5.41) is 2.31. The van der Waals surface area contributed by atoms with Gasteiger partial charge in [-0.2, -0.15) is 6.07 Å². The molecule has 0 aliphatic carbocycles. The number of benzene rings is 6. The zero-order valence-corrected chi connectivity index (χ0v) is 47.6. The van der Waals surface area contributed by atoms with E-state index in [1.54, 1.807) is 0 Å². The molecule has 0 fully saturated rings. The van der Waals surface area contributed by atoms with Crippen molar-refractivity contribution in [2.24, 2.45) is 0 Å². The zero-order valence-electron chi connectivity index (χ0n) is 45.4. The molecular formula is C66H72N4OPt-2. The molecule has 0 unspecified atom stereocenters. The SMILES string of the molecule is CC(C)(C)c1ccnc(-n2c3[c-]c(Oc4[c-]c(-n5[c-][n+](-c6cccc(C(C)(C)c7ccccc7)c6)c(C(C)(C)C)c5C(C)(C)C)cc(C(C)(C)c5ccccc5)c4)cc(C(C)(C)C)c3c3ccccc32)c1.[Pt]. The van der Waals surface area contributed by atoms with Gasteiger partial charge in [0.2, 0.25) is 0 Å². The van der Waals surface area contributed by atoms with E-state index in [2.05, 4.69) is 282 Å². The third-order valence-electron chi connectivity index (χ3n) is 14.4. The average Bonchev–Trinajstić information content (AvgIpc) is 3.90. The largest absolute Gasteiger partial charge is 0.510 e. The van der Waals surface area contributed by atoms with E-state index in [0.717, 1.165) is 50.3 Å². The Labute approximate surface area is 444 Å². The molecule has 0 aliphatic heterocycles. The summed E-state index contributed by atoms with van der Waals surface area (Å²) >= 11 is 0. The van der Waals surface area contributed by atoms with E-state index in [0.29, 0.717) is 11.5 Å². The second-order valence-electron chi connectivity index (χ2n) is 24.7. The van der Waals surface area contributed by atoms with E-state index < -0.39 is 5.41 Å². The maximum absolute atomic E-state index is 7.25. The summed E-state index contributed by atoms with van der Waals surface area (Å²) in [7, 11) is 0. The summed E-state index contributed by atoms with van der Waals surface area (Å²) in [6, 6.07) is 57.9. The van der Waals surface area contributed by atoms with Gasteiger partial charge in [-0.25, -0.2) is 4.98 Å². The summed E-state index contributed by atoms with van der Waals surface area (Å²) < 4.78 is 14.1. The molecule has 0 atom stereocenters. The molecule has 72 heavy (non-hydrogen) atoms. The quantitative estimate of drug-likeness (QED) is 0.107. The van der Waals surface area contributed by atoms with E-state index in [4.69, 9.17) is 9.72 Å². The van der Waals surface area contributed by atoms with Crippen molar-refractivity contribution in [2.45, 2.75) is 143 Å². The number of fused-ring (bicyclic) bond motifs is 3. The van der Waals surface area contributed by atoms with Crippen LogP contribution in [-0.4, -0.2) is 14.1 Å². The second kappa shape index (κ2) is 18.8. The van der Waals surface area contributed by atoms with Crippen LogP contribution in [0.15, 0.2) is 146 Å². The van der Waals surface area contributed by atoms with Crippen LogP contribution in [0.2, 0.25) is 0 Å². The van der Waals surface area contributed by atoms with Crippen LogP contribution in [0.3, 0.4) is 0 Å². The molecule has 0 amide bonds. The van der Waals surface area contributed by atoms with E-state index in [1.807, 2.05) is 6.20 Å². The van der Waals surface area contributed by atoms with Crippen LogP contribution >= 0.6 is 0 Å². The molecule has 6 aromatic carbocycles. The number of para-hydroxylation sites is 1. The number of nitrogens with zero attached hydrogens (tertiary/aromatic N) is 4. The molecular weight excluding hydrogens is 1060 g/mol. The fourth-order valence-electron chi connectivity index (χ4n) is 10.3. The van der Waals surface area contributed by atoms with Crippen molar-refractivity contribution in [3.8, 4) is 28.7 Å². The standard InChI is InChI=1S/C66H72N4O.Pt/c1-61(2,3)46-34-35-67-57(39-46)70-55-33-24-23-32-53(55)58-54(62(4,5)6)41-52(42-56(58)70)71-51-38-48(66(15,16)45-28-21-18-22-29-45)37-50(40-51)69-43-68(59(63(7,8)9)60(69)64(10,11)12)49-31-25-30-47(36-49)65(13,14)44-26-19-17-20-27-44;/h17-39,41H,1-16H3;/q-2;. The van der Waals surface area contributed by atoms with Gasteiger partial charge in [-0.3, -0.25) is 4.57 Å². The van der Waals surface area contributed by atoms with Crippen molar-refractivity contribution in [2.75, 3.05) is 0 Å². The molecule has 0 radical (unpaired) electrons. The second-order valence-corrected chi connectivity index (χ2v) is 24.7. The Morgan fingerprint density at radius 1 is 0.500 bits per heavy atom. The molecule has 0 bridgehead atoms. The van der Waals surface area contributed by atoms with Crippen molar-refractivity contribution in [3.63, 3.8) is 0 Å². The molecule has 0 saturated heterocycles. The van der Waals surface area contributed by atoms with Crippen LogP contribution in [0, 0.1) is 18.5 Å². The van der Waals surface area contributed by atoms with Gasteiger partial charge in [0, 0.05) is 49.7 Å². The number of imidazole rings is 1. The predicted molar refractivity (Wildman–Crippen MR) is 294 cm³/mol. The summed E-state index contributed by atoms with van der Waals surface area (Å²) in [4.78, 5) is 5.01. The maximum Gasteiger partial charge on any atom is 0.267 e. The smallest absolute Gasteiger partial charge is 0.267 e. The maximum atomic E-state index is 7.25. The Morgan fingerprint density at radius 3 is 1.68 bits per heavy atom. The van der Waals surface area contributed by atoms with E-state index >= 15 is 0 Å². The molecule has 9 rings (SSSR count). The van der Waals surface area contributed by atoms with Crippen LogP contribution in [-0.2, 0) is 53.6 Å². The monoisotopic (exact) mass is 1130 g/mol. The molecule has 3 heterocycles. The van der Waals surface area contributed by atoms with E-state index in [9.17, 15) is 0 Å². The van der Waals surface area contributed by atoms with Crippen LogP contribution in [0.25, 0.3) is 39.0 Å². The normalized spacial score (nSPS) is 12.9. The number of aromatic nitrogens is 4. The molecule has 6 heteroatoms. The van der Waals surface area contributed by atoms with Gasteiger partial charge in [0.05, 0.1) is 17.1 Å². The van der Waals surface area contributed by atoms with Crippen LogP contribution < -0.4 is 9.30 Å². The third-order valence-corrected chi connectivity index (χ3v) is 14.4. The van der Waals surface area contributed by atoms with Crippen molar-refractivity contribution >= 4 is 21.8 Å². The van der Waals surface area contributed by atoms with Gasteiger partial charge < -0.3 is 13.9 Å². The van der Waals surface area contributed by atoms with Crippen LogP contribution in [0.4, 0.5) is 0 Å². The predicted octanol–water partition coefficient (Wildman–Crippen LogP) is 16.3. The minimum absolute atomic E-state index is 0. The molecule has 0 saturated carbocycles. The minimum Gasteiger partial charge on any atom is -0.510 e. The Bertz CT molecular complexity index is 3420. The molecule has 0 N–H and O–H groups in total. The van der Waals surface area contributed by atoms with Crippen molar-refractivity contribution in [1.82, 2.24) is 14.1 Å². The number of pyridine rings is 1. The van der Waals surface area contributed by atoms with E-state index in [1.165, 1.54) is 33.5 Å². The Hall–Kier alpha value is -6.03. The number of rotatable bonds is 9. The van der Waals surface area contributed by atoms with Gasteiger partial charge in [0.25, 0.3) is 6.33 Å². The van der Waals surface area contributed by atoms with E-state index in [-0.39, 0.29) is 48.1 Å². The first-order valence-electron chi connectivity index (χ1n) is 25.3. The molecule has 3 aromatic heterocycles. The Balaban J connectivity index is 0.00000693. The van der Waals surface area contributed by atoms with Gasteiger partial charge in [-0.15, -0.1) is 35.4 Å². The Kier molecular flexibility index (Phi) is 13.6. The first-order chi connectivity index (χ1) is 33.2. The van der Waals surface area contributed by atoms with Gasteiger partial charge in [0.15, 0.2) is 0 Å². The molecule has 0 aliphatic rings. The molecule has 9 aromatic rings. The Morgan fingerprint density at radius 2 is 1.08 bits per heavy atom. The fraction of sp³-hybridized carbons (Fsp3) is 0.333. The first kappa shape index (κ1) is 52.3. The van der Waals surface area contributed by atoms with Gasteiger partial charge >= 0.3 is 0 Å². The third kappa shape index (κ3) is 9.79. The van der Waals surface area contributed by atoms with Crippen molar-refractivity contribution < 1.29 is 30.4 Å². The summed E-state index contributed by atoms with van der Waals surface area (Å²) in [6.45, 7) is 36.6. The van der Waals surface area contributed by atoms with Crippen LogP contribution in [0.5, 0.6) is 11.5 Å². The van der Waals surface area contributed by atoms with Gasteiger partial charge in [-0.1, -0.05) is 213 Å². The first-order valence-corrected chi connectivity index (χ1v) is 25.3. The van der Waals surface area contributed by atoms with Crippen molar-refractivity contribution in [3.05, 3.63) is 209 Å². The minimum atomic E-state index is -0.404. The summed E-state index contributed by atoms with van der Waals surface area (Å²) in [5.41, 5.74) is 12.0. The summed E-state index contributed by atoms with van der Waals surface area (Å²) in [5.74, 6) is 2.07. The summed E-state index contributed by atoms with van der Waals surface area (Å²) in [6.07, 6.45) is 5.89. The fourth-order valence-corrected chi connectivity index (χ4v) is 10.3. The van der Waals surface area contributed by atoms with Gasteiger partial charge in [-0.05, 0) is 90.7 Å². The molecule has 0 spiro atoms. The number of hydrogen-bond acceptors (Lipinski definition) is 2. The topological polar surface area (TPSA) is 35.9 Å². The van der Waals surface area contributed by atoms with Gasteiger partial charge in [0.1, 0.15) is 5.82 Å². The van der Waals surface area contributed by atoms with Crippen molar-refractivity contribution in [1.29, 1.82) is 0 Å². The average molecular weight is 1130 g/mol. The van der Waals surface area contributed by atoms with Crippen LogP contribution in [0.1, 0.15) is 156 Å². The zero-order chi connectivity index (χ0) is 51.1.